The number of fused-ring (bicyclic) bond motifs is 4. The Hall–Kier alpha value is -11.2. The SMILES string of the molecule is CC(C)C[C@@H]1NC(=O)[C@H](CCCNC(=O)OC(C)(C)C)NC(=O)[C@H](C(C)C)NC(=O)[C@@H]2CCCN2C(=O)[C@H](Cc2ccccc2)NC(=O)[C@H](CC(C)C)NC(=O)[C@H](CCCNC(=O)OC(C)(C)C)NC(=O)[C@H](C(C)C)NC(=O)[C@@H]2CCCN2C(=O)[C@H](Cc2ccc(C(=O)CCCC(=O)N3Cc4ccccc4C#Cc4ccccc43)cc2)NC1=O. The van der Waals surface area contributed by atoms with Gasteiger partial charge in [0.25, 0.3) is 0 Å². The molecule has 3 fully saturated rings. The van der Waals surface area contributed by atoms with Gasteiger partial charge in [0.2, 0.25) is 65.0 Å². The van der Waals surface area contributed by atoms with Crippen LogP contribution in [0.1, 0.15) is 219 Å². The number of hydrogen-bond donors (Lipinski definition) is 10. The Balaban J connectivity index is 1.14. The minimum absolute atomic E-state index is 0.00961. The predicted molar refractivity (Wildman–Crippen MR) is 449 cm³/mol. The van der Waals surface area contributed by atoms with E-state index in [4.69, 9.17) is 9.47 Å². The van der Waals surface area contributed by atoms with Crippen molar-refractivity contribution in [1.29, 1.82) is 0 Å². The Morgan fingerprint density at radius 1 is 0.445 bits per heavy atom. The molecule has 0 aliphatic carbocycles. The molecule has 0 saturated carbocycles. The molecule has 4 aliphatic rings. The smallest absolute Gasteiger partial charge is 0.407 e. The lowest BCUT2D eigenvalue weighted by atomic mass is 9.98. The monoisotopic (exact) mass is 1640 g/mol. The number of ketones is 1. The van der Waals surface area contributed by atoms with E-state index in [0.29, 0.717) is 40.8 Å². The van der Waals surface area contributed by atoms with Crippen molar-refractivity contribution in [3.8, 4) is 11.8 Å². The molecule has 4 aliphatic heterocycles. The van der Waals surface area contributed by atoms with E-state index in [-0.39, 0.29) is 140 Å². The van der Waals surface area contributed by atoms with Gasteiger partial charge >= 0.3 is 12.2 Å². The second kappa shape index (κ2) is 43.5. The summed E-state index contributed by atoms with van der Waals surface area (Å²) in [5.74, 6) is -3.46. The summed E-state index contributed by atoms with van der Waals surface area (Å²) >= 11 is 0. The summed E-state index contributed by atoms with van der Waals surface area (Å²) in [6.07, 6.45) is -0.572. The molecule has 10 N–H and O–H groups in total. The third-order valence-electron chi connectivity index (χ3n) is 21.0. The van der Waals surface area contributed by atoms with Crippen LogP contribution in [-0.4, -0.2) is 191 Å². The summed E-state index contributed by atoms with van der Waals surface area (Å²) < 4.78 is 10.9. The number of carbonyl (C=O) groups is 14. The Kier molecular flexibility index (Phi) is 34.1. The molecular weight excluding hydrogens is 1520 g/mol. The molecular formula is C90H123N13O16. The zero-order valence-electron chi connectivity index (χ0n) is 71.4. The number of carbonyl (C=O) groups excluding carboxylic acids is 14. The van der Waals surface area contributed by atoms with Gasteiger partial charge in [0, 0.05) is 68.6 Å². The van der Waals surface area contributed by atoms with Crippen molar-refractivity contribution >= 4 is 88.6 Å². The van der Waals surface area contributed by atoms with Crippen LogP contribution in [0.5, 0.6) is 0 Å². The maximum absolute atomic E-state index is 15.7. The lowest BCUT2D eigenvalue weighted by Gasteiger charge is -2.33. The molecule has 4 aromatic rings. The molecule has 0 radical (unpaired) electrons. The van der Waals surface area contributed by atoms with E-state index in [2.05, 4.69) is 65.0 Å². The van der Waals surface area contributed by atoms with Crippen LogP contribution in [0, 0.1) is 35.5 Å². The third-order valence-corrected chi connectivity index (χ3v) is 21.0. The molecule has 3 saturated heterocycles. The summed E-state index contributed by atoms with van der Waals surface area (Å²) in [6.45, 7) is 24.5. The van der Waals surface area contributed by atoms with Crippen LogP contribution in [0.3, 0.4) is 0 Å². The maximum atomic E-state index is 15.7. The van der Waals surface area contributed by atoms with E-state index in [1.807, 2.05) is 76.2 Å². The summed E-state index contributed by atoms with van der Waals surface area (Å²) in [7, 11) is 0. The number of nitrogens with one attached hydrogen (secondary N) is 10. The first kappa shape index (κ1) is 93.3. The van der Waals surface area contributed by atoms with Gasteiger partial charge in [-0.3, -0.25) is 57.5 Å². The van der Waals surface area contributed by atoms with E-state index in [9.17, 15) is 28.8 Å². The number of nitrogens with zero attached hydrogens (tertiary/aromatic N) is 3. The quantitative estimate of drug-likeness (QED) is 0.0193. The van der Waals surface area contributed by atoms with Crippen LogP contribution in [0.2, 0.25) is 0 Å². The predicted octanol–water partition coefficient (Wildman–Crippen LogP) is 7.66. The standard InChI is InChI=1S/C90H123N13O16/c1-54(2)49-66-79(108)97-68(51-58-27-16-15-17-28-58)85(114)101-47-25-35-71(101)81(110)99-75(56(5)6)83(112)94-65(33-24-46-92-88(117)119-90(12,13)14)78(107)96-67(50-55(3)4)80(109)98-69(52-59-39-41-62(42-40-59)73(104)37-22-38-74(105)103-53-63-31-19-18-29-60(63)43-44-61-30-20-21-34-70(61)103)86(115)102-48-26-36-72(102)82(111)100-76(57(7)8)84(113)93-64(77(106)95-66)32-23-45-91-87(116)118-89(9,10)11/h15-21,27-31,34,39-42,54-57,64-69,71-72,75-76H,22-26,32-33,35-38,45-53H2,1-14H3,(H,91,116)(H,92,117)(H,93,113)(H,94,112)(H,95,106)(H,96,107)(H,97,108)(H,98,109)(H,99,110)(H,100,111)/t64-,65-,66-,67-,68-,69-,71-,72-,75-,76-/m0/s1. The zero-order chi connectivity index (χ0) is 87.0. The Labute approximate surface area is 699 Å². The first-order valence-corrected chi connectivity index (χ1v) is 42.0. The fourth-order valence-electron chi connectivity index (χ4n) is 15.0. The van der Waals surface area contributed by atoms with Gasteiger partial charge in [0.05, 0.1) is 12.2 Å². The van der Waals surface area contributed by atoms with Crippen molar-refractivity contribution in [3.05, 3.63) is 137 Å². The highest BCUT2D eigenvalue weighted by Gasteiger charge is 2.44. The number of alkyl carbamates (subject to hydrolysis) is 2. The van der Waals surface area contributed by atoms with E-state index in [1.165, 1.54) is 9.80 Å². The van der Waals surface area contributed by atoms with Crippen LogP contribution in [-0.2, 0) is 81.6 Å². The highest BCUT2D eigenvalue weighted by molar-refractivity contribution is 6.01. The highest BCUT2D eigenvalue weighted by atomic mass is 16.6. The fourth-order valence-corrected chi connectivity index (χ4v) is 15.0. The molecule has 4 heterocycles. The second-order valence-electron chi connectivity index (χ2n) is 34.9. The molecule has 644 valence electrons. The average molecular weight is 1640 g/mol. The molecule has 0 spiro atoms. The van der Waals surface area contributed by atoms with Gasteiger partial charge in [-0.2, -0.15) is 0 Å². The van der Waals surface area contributed by atoms with Crippen molar-refractivity contribution in [3.63, 3.8) is 0 Å². The molecule has 0 bridgehead atoms. The van der Waals surface area contributed by atoms with Gasteiger partial charge in [-0.15, -0.1) is 0 Å². The molecule has 10 atom stereocenters. The maximum Gasteiger partial charge on any atom is 0.407 e. The number of amides is 13. The van der Waals surface area contributed by atoms with Gasteiger partial charge in [0.15, 0.2) is 5.78 Å². The summed E-state index contributed by atoms with van der Waals surface area (Å²) in [5, 5.41) is 28.2. The first-order chi connectivity index (χ1) is 56.3. The number of hydrogen-bond acceptors (Lipinski definition) is 16. The van der Waals surface area contributed by atoms with Crippen molar-refractivity contribution in [1.82, 2.24) is 63.0 Å². The van der Waals surface area contributed by atoms with Crippen LogP contribution in [0.25, 0.3) is 0 Å². The molecule has 4 aromatic carbocycles. The summed E-state index contributed by atoms with van der Waals surface area (Å²) in [6, 6.07) is 16.9. The summed E-state index contributed by atoms with van der Waals surface area (Å²) in [4.78, 5) is 210. The van der Waals surface area contributed by atoms with Crippen molar-refractivity contribution in [2.24, 2.45) is 23.7 Å². The minimum Gasteiger partial charge on any atom is -0.444 e. The largest absolute Gasteiger partial charge is 0.444 e. The molecule has 8 rings (SSSR count). The number of rotatable bonds is 23. The fraction of sp³-hybridized carbons (Fsp3) is 0.556. The average Bonchev–Trinajstić information content (AvgIpc) is 1.70. The number of para-hydroxylation sites is 1. The molecule has 0 aromatic heterocycles. The lowest BCUT2D eigenvalue weighted by molar-refractivity contribution is -0.143. The Morgan fingerprint density at radius 3 is 1.30 bits per heavy atom. The van der Waals surface area contributed by atoms with Crippen LogP contribution >= 0.6 is 0 Å². The normalized spacial score (nSPS) is 22.3. The van der Waals surface area contributed by atoms with Gasteiger partial charge < -0.3 is 77.3 Å². The number of ether oxygens (including phenoxy) is 2. The summed E-state index contributed by atoms with van der Waals surface area (Å²) in [5.41, 5.74) is 2.81. The molecule has 13 amide bonds. The Morgan fingerprint density at radius 2 is 0.849 bits per heavy atom. The van der Waals surface area contributed by atoms with Crippen LogP contribution in [0.15, 0.2) is 103 Å². The molecule has 119 heavy (non-hydrogen) atoms. The van der Waals surface area contributed by atoms with Gasteiger partial charge in [-0.25, -0.2) is 9.59 Å². The van der Waals surface area contributed by atoms with Crippen molar-refractivity contribution in [2.75, 3.05) is 31.1 Å². The zero-order valence-corrected chi connectivity index (χ0v) is 71.4. The highest BCUT2D eigenvalue weighted by Crippen LogP contribution is 2.29. The number of anilines is 1. The van der Waals surface area contributed by atoms with Gasteiger partial charge in [0.1, 0.15) is 71.6 Å². The van der Waals surface area contributed by atoms with Crippen LogP contribution in [0.4, 0.5) is 15.3 Å². The Bertz CT molecular complexity index is 4330. The van der Waals surface area contributed by atoms with Gasteiger partial charge in [-0.1, -0.05) is 152 Å². The molecule has 29 nitrogen and oxygen atoms in total. The van der Waals surface area contributed by atoms with Crippen LogP contribution < -0.4 is 58.1 Å². The van der Waals surface area contributed by atoms with E-state index >= 15 is 38.4 Å². The van der Waals surface area contributed by atoms with E-state index in [0.717, 1.165) is 11.1 Å². The van der Waals surface area contributed by atoms with Crippen molar-refractivity contribution in [2.45, 2.75) is 271 Å². The topological polar surface area (TPSA) is 387 Å². The van der Waals surface area contributed by atoms with Gasteiger partial charge in [-0.05, 0) is 171 Å². The van der Waals surface area contributed by atoms with E-state index < -0.39 is 155 Å². The number of Topliss-reactive ketones (excluding diaryl/α,β-unsaturated/α-hetero) is 1. The molecule has 0 unspecified atom stereocenters. The third kappa shape index (κ3) is 28.3. The molecule has 29 heteroatoms. The van der Waals surface area contributed by atoms with Crippen molar-refractivity contribution < 1.29 is 76.6 Å². The minimum atomic E-state index is -1.47. The van der Waals surface area contributed by atoms with E-state index in [1.54, 1.807) is 129 Å². The lowest BCUT2D eigenvalue weighted by Crippen LogP contribution is -2.62. The first-order valence-electron chi connectivity index (χ1n) is 42.0. The second-order valence-corrected chi connectivity index (χ2v) is 34.9. The number of benzene rings is 4.